The molecule has 3 rings (SSSR count). The van der Waals surface area contributed by atoms with Crippen LogP contribution in [-0.4, -0.2) is 57.1 Å². The van der Waals surface area contributed by atoms with Crippen molar-refractivity contribution in [3.63, 3.8) is 0 Å². The normalized spacial score (nSPS) is 14.9. The maximum Gasteiger partial charge on any atom is 0.491 e. The minimum Gasteiger partial charge on any atom is -0.416 e. The third kappa shape index (κ3) is 6.29. The second-order valence-corrected chi connectivity index (χ2v) is 10.0. The van der Waals surface area contributed by atoms with Gasteiger partial charge in [-0.25, -0.2) is 18.0 Å². The average molecular weight is 576 g/mol. The minimum atomic E-state index is -5.47. The monoisotopic (exact) mass is 574 g/mol. The number of benzene rings is 2. The van der Waals surface area contributed by atoms with E-state index >= 15 is 0 Å². The van der Waals surface area contributed by atoms with Gasteiger partial charge >= 0.3 is 18.2 Å². The molecule has 1 aliphatic heterocycles. The van der Waals surface area contributed by atoms with Crippen LogP contribution in [0.3, 0.4) is 0 Å². The Balaban J connectivity index is 2.05. The first kappa shape index (κ1) is 27.3. The number of nitrogens with zero attached hydrogens (tertiary/aromatic N) is 1. The summed E-state index contributed by atoms with van der Waals surface area (Å²) >= 11 is 17.9. The molecule has 0 unspecified atom stereocenters. The highest BCUT2D eigenvalue weighted by molar-refractivity contribution is 7.89. The molecule has 3 N–H and O–H groups in total. The Hall–Kier alpha value is -2.29. The zero-order chi connectivity index (χ0) is 26.0. The standard InChI is InChI=1S/C19H16Cl3F3N4O5S/c20-10-2-1-3-12(14(10)22)27-18(31)28-13-5-4-11(21)16(15(13)34-17(30)19(23,24)25)35(32,33)29-8-6-26-7-9-29/h1-5,26H,6-9H2,(H2,27,28,31). The third-order valence-electron chi connectivity index (χ3n) is 4.61. The van der Waals surface area contributed by atoms with E-state index in [1.807, 2.05) is 0 Å². The van der Waals surface area contributed by atoms with Crippen molar-refractivity contribution in [2.45, 2.75) is 11.1 Å². The summed E-state index contributed by atoms with van der Waals surface area (Å²) in [6.45, 7) is 0.512. The zero-order valence-corrected chi connectivity index (χ0v) is 20.5. The highest BCUT2D eigenvalue weighted by atomic mass is 35.5. The highest BCUT2D eigenvalue weighted by Gasteiger charge is 2.43. The number of rotatable bonds is 5. The molecule has 1 fully saturated rings. The average Bonchev–Trinajstić information content (AvgIpc) is 2.78. The fourth-order valence-corrected chi connectivity index (χ4v) is 5.43. The number of hydrogen-bond acceptors (Lipinski definition) is 6. The van der Waals surface area contributed by atoms with Crippen molar-refractivity contribution >= 4 is 68.2 Å². The van der Waals surface area contributed by atoms with Crippen molar-refractivity contribution in [2.24, 2.45) is 0 Å². The van der Waals surface area contributed by atoms with Crippen molar-refractivity contribution in [3.05, 3.63) is 45.4 Å². The van der Waals surface area contributed by atoms with Gasteiger partial charge in [-0.2, -0.15) is 17.5 Å². The summed E-state index contributed by atoms with van der Waals surface area (Å²) in [6, 6.07) is 5.28. The number of amides is 2. The van der Waals surface area contributed by atoms with Crippen LogP contribution in [0, 0.1) is 0 Å². The van der Waals surface area contributed by atoms with Gasteiger partial charge in [0.05, 0.1) is 26.4 Å². The van der Waals surface area contributed by atoms with Crippen molar-refractivity contribution in [1.29, 1.82) is 0 Å². The third-order valence-corrected chi connectivity index (χ3v) is 7.82. The molecule has 0 saturated carbocycles. The van der Waals surface area contributed by atoms with Gasteiger partial charge in [0.25, 0.3) is 0 Å². The Morgan fingerprint density at radius 2 is 1.60 bits per heavy atom. The molecule has 35 heavy (non-hydrogen) atoms. The van der Waals surface area contributed by atoms with Crippen molar-refractivity contribution in [1.82, 2.24) is 9.62 Å². The Kier molecular flexibility index (Phi) is 8.40. The SMILES string of the molecule is O=C(Nc1cccc(Cl)c1Cl)Nc1ccc(Cl)c(S(=O)(=O)N2CCNCC2)c1OC(=O)C(F)(F)F. The molecule has 0 spiro atoms. The summed E-state index contributed by atoms with van der Waals surface area (Å²) in [7, 11) is -4.54. The summed E-state index contributed by atoms with van der Waals surface area (Å²) in [5.41, 5.74) is -0.524. The van der Waals surface area contributed by atoms with Crippen molar-refractivity contribution < 1.29 is 35.9 Å². The lowest BCUT2D eigenvalue weighted by Gasteiger charge is -2.28. The number of piperazine rings is 1. The molecular formula is C19H16Cl3F3N4O5S. The summed E-state index contributed by atoms with van der Waals surface area (Å²) < 4.78 is 70.8. The van der Waals surface area contributed by atoms with E-state index in [-0.39, 0.29) is 41.9 Å². The van der Waals surface area contributed by atoms with E-state index in [9.17, 15) is 31.2 Å². The van der Waals surface area contributed by atoms with Crippen LogP contribution < -0.4 is 20.7 Å². The number of carbonyl (C=O) groups is 2. The second kappa shape index (κ2) is 10.8. The first-order chi connectivity index (χ1) is 16.3. The van der Waals surface area contributed by atoms with Gasteiger partial charge in [0.15, 0.2) is 5.75 Å². The van der Waals surface area contributed by atoms with Gasteiger partial charge in [-0.1, -0.05) is 40.9 Å². The molecule has 1 saturated heterocycles. The number of sulfonamides is 1. The molecule has 0 radical (unpaired) electrons. The number of nitrogens with one attached hydrogen (secondary N) is 3. The van der Waals surface area contributed by atoms with Crippen LogP contribution in [0.4, 0.5) is 29.3 Å². The molecule has 190 valence electrons. The van der Waals surface area contributed by atoms with E-state index < -0.39 is 49.6 Å². The van der Waals surface area contributed by atoms with Gasteiger partial charge in [-0.3, -0.25) is 0 Å². The van der Waals surface area contributed by atoms with Gasteiger partial charge in [0, 0.05) is 26.2 Å². The summed E-state index contributed by atoms with van der Waals surface area (Å²) in [5.74, 6) is -3.80. The Bertz CT molecular complexity index is 1260. The van der Waals surface area contributed by atoms with Crippen molar-refractivity contribution in [2.75, 3.05) is 36.8 Å². The second-order valence-electron chi connectivity index (χ2n) is 6.98. The van der Waals surface area contributed by atoms with E-state index in [1.54, 1.807) is 0 Å². The van der Waals surface area contributed by atoms with Crippen LogP contribution in [0.1, 0.15) is 0 Å². The number of urea groups is 1. The van der Waals surface area contributed by atoms with E-state index in [0.29, 0.717) is 0 Å². The molecular weight excluding hydrogens is 560 g/mol. The lowest BCUT2D eigenvalue weighted by molar-refractivity contribution is -0.189. The molecule has 0 bridgehead atoms. The lowest BCUT2D eigenvalue weighted by atomic mass is 10.3. The van der Waals surface area contributed by atoms with Gasteiger partial charge in [-0.15, -0.1) is 0 Å². The number of carbonyl (C=O) groups excluding carboxylic acids is 2. The van der Waals surface area contributed by atoms with Crippen LogP contribution in [-0.2, 0) is 14.8 Å². The van der Waals surface area contributed by atoms with E-state index in [1.165, 1.54) is 18.2 Å². The topological polar surface area (TPSA) is 117 Å². The Morgan fingerprint density at radius 3 is 2.23 bits per heavy atom. The van der Waals surface area contributed by atoms with E-state index in [4.69, 9.17) is 34.8 Å². The molecule has 2 amide bonds. The summed E-state index contributed by atoms with van der Waals surface area (Å²) in [6.07, 6.45) is -5.47. The summed E-state index contributed by atoms with van der Waals surface area (Å²) in [4.78, 5) is 23.3. The molecule has 16 heteroatoms. The maximum absolute atomic E-state index is 13.3. The fraction of sp³-hybridized carbons (Fsp3) is 0.263. The Labute approximate surface area is 212 Å². The van der Waals surface area contributed by atoms with Crippen LogP contribution in [0.2, 0.25) is 15.1 Å². The van der Waals surface area contributed by atoms with Crippen LogP contribution in [0.15, 0.2) is 35.2 Å². The number of anilines is 2. The quantitative estimate of drug-likeness (QED) is 0.361. The van der Waals surface area contributed by atoms with Gasteiger partial charge in [0.1, 0.15) is 4.90 Å². The predicted molar refractivity (Wildman–Crippen MR) is 124 cm³/mol. The zero-order valence-electron chi connectivity index (χ0n) is 17.4. The molecule has 2 aromatic carbocycles. The molecule has 2 aromatic rings. The maximum atomic E-state index is 13.3. The highest BCUT2D eigenvalue weighted by Crippen LogP contribution is 2.41. The first-order valence-corrected chi connectivity index (χ1v) is 12.2. The van der Waals surface area contributed by atoms with Crippen molar-refractivity contribution in [3.8, 4) is 5.75 Å². The van der Waals surface area contributed by atoms with Crippen LogP contribution in [0.25, 0.3) is 0 Å². The number of hydrogen-bond donors (Lipinski definition) is 3. The van der Waals surface area contributed by atoms with Gasteiger partial charge < -0.3 is 20.7 Å². The van der Waals surface area contributed by atoms with E-state index in [2.05, 4.69) is 20.7 Å². The first-order valence-electron chi connectivity index (χ1n) is 9.66. The van der Waals surface area contributed by atoms with Crippen LogP contribution in [0.5, 0.6) is 5.75 Å². The summed E-state index contributed by atoms with van der Waals surface area (Å²) in [5, 5.41) is 6.97. The van der Waals surface area contributed by atoms with Gasteiger partial charge in [-0.05, 0) is 24.3 Å². The molecule has 0 aromatic heterocycles. The van der Waals surface area contributed by atoms with Gasteiger partial charge in [0.2, 0.25) is 10.0 Å². The smallest absolute Gasteiger partial charge is 0.416 e. The minimum absolute atomic E-state index is 0.0171. The Morgan fingerprint density at radius 1 is 0.971 bits per heavy atom. The number of halogens is 6. The number of esters is 1. The molecule has 0 aliphatic carbocycles. The fourth-order valence-electron chi connectivity index (χ4n) is 3.02. The largest absolute Gasteiger partial charge is 0.491 e. The van der Waals surface area contributed by atoms with Crippen LogP contribution >= 0.6 is 34.8 Å². The number of alkyl halides is 3. The molecule has 1 aliphatic rings. The molecule has 1 heterocycles. The molecule has 9 nitrogen and oxygen atoms in total. The van der Waals surface area contributed by atoms with E-state index in [0.717, 1.165) is 16.4 Å². The number of ether oxygens (including phenoxy) is 1. The molecule has 0 atom stereocenters. The predicted octanol–water partition coefficient (Wildman–Crippen LogP) is 4.35. The lowest BCUT2D eigenvalue weighted by Crippen LogP contribution is -2.46.